The Hall–Kier alpha value is -3.84. The van der Waals surface area contributed by atoms with E-state index in [0.29, 0.717) is 17.0 Å². The van der Waals surface area contributed by atoms with E-state index in [0.717, 1.165) is 11.8 Å². The van der Waals surface area contributed by atoms with Crippen molar-refractivity contribution in [2.45, 2.75) is 11.7 Å². The third kappa shape index (κ3) is 4.11. The maximum Gasteiger partial charge on any atom is 0.269 e. The first-order valence-corrected chi connectivity index (χ1v) is 9.56. The summed E-state index contributed by atoms with van der Waals surface area (Å²) in [4.78, 5) is 36.8. The molecule has 2 amide bonds. The molecule has 1 aliphatic heterocycles. The molecule has 1 atom stereocenters. The number of nitrogens with zero attached hydrogens (tertiary/aromatic N) is 3. The van der Waals surface area contributed by atoms with E-state index in [2.05, 4.69) is 0 Å². The van der Waals surface area contributed by atoms with Crippen LogP contribution in [0.1, 0.15) is 5.56 Å². The van der Waals surface area contributed by atoms with E-state index in [4.69, 9.17) is 10.5 Å². The number of nitro benzene ring substituents is 1. The van der Waals surface area contributed by atoms with E-state index in [1.54, 1.807) is 36.4 Å². The minimum absolute atomic E-state index is 0.0850. The number of non-ortho nitro benzene ring substituents is 1. The average Bonchev–Trinajstić information content (AvgIpc) is 3.04. The minimum atomic E-state index is -0.948. The smallest absolute Gasteiger partial charge is 0.269 e. The Balaban J connectivity index is 2.03. The highest BCUT2D eigenvalue weighted by molar-refractivity contribution is 8.05. The summed E-state index contributed by atoms with van der Waals surface area (Å²) in [6.07, 6.45) is 0.173. The highest BCUT2D eigenvalue weighted by Crippen LogP contribution is 2.42. The number of methoxy groups -OCH3 is 1. The van der Waals surface area contributed by atoms with Crippen LogP contribution in [0.15, 0.2) is 59.1 Å². The Morgan fingerprint density at radius 3 is 2.70 bits per heavy atom. The van der Waals surface area contributed by atoms with Gasteiger partial charge in [0, 0.05) is 18.2 Å². The second kappa shape index (κ2) is 8.67. The number of amides is 2. The first kappa shape index (κ1) is 20.9. The zero-order valence-electron chi connectivity index (χ0n) is 15.8. The number of hydrogen-bond donors (Lipinski definition) is 1. The molecule has 0 unspecified atom stereocenters. The minimum Gasteiger partial charge on any atom is -0.497 e. The van der Waals surface area contributed by atoms with Crippen LogP contribution in [0.3, 0.4) is 0 Å². The van der Waals surface area contributed by atoms with E-state index < -0.39 is 16.1 Å². The van der Waals surface area contributed by atoms with Crippen LogP contribution in [0.25, 0.3) is 0 Å². The molecule has 0 saturated carbocycles. The fourth-order valence-corrected chi connectivity index (χ4v) is 4.31. The lowest BCUT2D eigenvalue weighted by molar-refractivity contribution is -0.384. The molecule has 0 aromatic heterocycles. The molecule has 1 fully saturated rings. The van der Waals surface area contributed by atoms with Gasteiger partial charge in [0.2, 0.25) is 5.91 Å². The van der Waals surface area contributed by atoms with Crippen LogP contribution in [0.2, 0.25) is 0 Å². The third-order valence-electron chi connectivity index (χ3n) is 4.38. The molecule has 3 rings (SSSR count). The lowest BCUT2D eigenvalue weighted by atomic mass is 10.1. The van der Waals surface area contributed by atoms with E-state index in [1.165, 1.54) is 30.2 Å². The highest BCUT2D eigenvalue weighted by atomic mass is 32.2. The van der Waals surface area contributed by atoms with Crippen LogP contribution < -0.4 is 15.4 Å². The van der Waals surface area contributed by atoms with E-state index in [9.17, 15) is 25.0 Å². The molecule has 2 aromatic rings. The summed E-state index contributed by atoms with van der Waals surface area (Å²) in [7, 11) is 1.48. The number of thioether (sulfide) groups is 1. The van der Waals surface area contributed by atoms with E-state index in [1.807, 2.05) is 0 Å². The number of hydrogen-bond acceptors (Lipinski definition) is 7. The Bertz CT molecular complexity index is 1110. The van der Waals surface area contributed by atoms with Gasteiger partial charge in [0.15, 0.2) is 0 Å². The molecule has 10 heteroatoms. The number of ether oxygens (including phenoxy) is 1. The van der Waals surface area contributed by atoms with Crippen LogP contribution in [-0.4, -0.2) is 29.1 Å². The van der Waals surface area contributed by atoms with Gasteiger partial charge in [-0.15, -0.1) is 0 Å². The molecule has 0 aliphatic carbocycles. The number of anilines is 1. The van der Waals surface area contributed by atoms with Crippen LogP contribution in [0.4, 0.5) is 11.4 Å². The van der Waals surface area contributed by atoms with Gasteiger partial charge in [-0.1, -0.05) is 30.0 Å². The van der Waals surface area contributed by atoms with Crippen LogP contribution in [0.5, 0.6) is 5.75 Å². The van der Waals surface area contributed by atoms with Gasteiger partial charge in [-0.2, -0.15) is 5.26 Å². The van der Waals surface area contributed by atoms with E-state index in [-0.39, 0.29) is 28.6 Å². The highest BCUT2D eigenvalue weighted by Gasteiger charge is 2.40. The van der Waals surface area contributed by atoms with Crippen molar-refractivity contribution in [3.63, 3.8) is 0 Å². The first-order valence-electron chi connectivity index (χ1n) is 8.68. The molecule has 0 bridgehead atoms. The quantitative estimate of drug-likeness (QED) is 0.325. The second-order valence-electron chi connectivity index (χ2n) is 6.27. The van der Waals surface area contributed by atoms with Crippen molar-refractivity contribution in [2.24, 2.45) is 5.73 Å². The second-order valence-corrected chi connectivity index (χ2v) is 7.46. The van der Waals surface area contributed by atoms with Gasteiger partial charge in [0.05, 0.1) is 23.0 Å². The van der Waals surface area contributed by atoms with Crippen LogP contribution in [0, 0.1) is 21.4 Å². The fourth-order valence-electron chi connectivity index (χ4n) is 3.00. The van der Waals surface area contributed by atoms with Crippen molar-refractivity contribution >= 4 is 35.0 Å². The Morgan fingerprint density at radius 2 is 2.07 bits per heavy atom. The van der Waals surface area contributed by atoms with Crippen molar-refractivity contribution in [3.05, 3.63) is 74.8 Å². The molecular weight excluding hydrogens is 408 g/mol. The number of nitrogens with two attached hydrogens (primary N) is 1. The molecule has 2 N–H and O–H groups in total. The predicted molar refractivity (Wildman–Crippen MR) is 110 cm³/mol. The largest absolute Gasteiger partial charge is 0.497 e. The third-order valence-corrected chi connectivity index (χ3v) is 5.64. The summed E-state index contributed by atoms with van der Waals surface area (Å²) in [5.41, 5.74) is 5.93. The number of benzene rings is 2. The number of carbonyl (C=O) groups is 2. The summed E-state index contributed by atoms with van der Waals surface area (Å²) in [6.45, 7) is 0. The van der Waals surface area contributed by atoms with Gasteiger partial charge >= 0.3 is 0 Å². The van der Waals surface area contributed by atoms with Crippen LogP contribution in [-0.2, 0) is 16.0 Å². The number of nitriles is 1. The number of nitro groups is 1. The lowest BCUT2D eigenvalue weighted by Gasteiger charge is -2.18. The van der Waals surface area contributed by atoms with Crippen LogP contribution >= 0.6 is 11.8 Å². The molecule has 1 saturated heterocycles. The Morgan fingerprint density at radius 1 is 1.33 bits per heavy atom. The number of rotatable bonds is 6. The Kier molecular flexibility index (Phi) is 6.03. The summed E-state index contributed by atoms with van der Waals surface area (Å²) < 4.78 is 5.20. The van der Waals surface area contributed by atoms with Crippen molar-refractivity contribution < 1.29 is 19.2 Å². The monoisotopic (exact) mass is 424 g/mol. The SMILES string of the molecule is COc1cccc(N2C(=O)[C@@H](Cc3cccc([N+](=O)[O-])c3)S/C2=C(/C#N)C(N)=O)c1. The molecule has 0 radical (unpaired) electrons. The summed E-state index contributed by atoms with van der Waals surface area (Å²) in [5.74, 6) is -0.829. The number of primary amides is 1. The molecular formula is C20H16N4O5S. The zero-order valence-corrected chi connectivity index (χ0v) is 16.6. The van der Waals surface area contributed by atoms with Gasteiger partial charge in [-0.25, -0.2) is 0 Å². The summed E-state index contributed by atoms with van der Waals surface area (Å²) in [5, 5.41) is 19.9. The average molecular weight is 424 g/mol. The number of carbonyl (C=O) groups excluding carboxylic acids is 2. The standard InChI is InChI=1S/C20H16N4O5S/c1-29-15-7-3-5-13(10-15)23-19(26)17(30-20(23)16(11-21)18(22)25)9-12-4-2-6-14(8-12)24(27)28/h2-8,10,17H,9H2,1H3,(H2,22,25)/b20-16-/t17-/m1/s1. The summed E-state index contributed by atoms with van der Waals surface area (Å²) >= 11 is 1.03. The summed E-state index contributed by atoms with van der Waals surface area (Å²) in [6, 6.07) is 14.4. The van der Waals surface area contributed by atoms with Crippen molar-refractivity contribution in [1.82, 2.24) is 0 Å². The van der Waals surface area contributed by atoms with E-state index >= 15 is 0 Å². The molecule has 9 nitrogen and oxygen atoms in total. The molecule has 1 aliphatic rings. The van der Waals surface area contributed by atoms with Gasteiger partial charge < -0.3 is 10.5 Å². The molecule has 1 heterocycles. The predicted octanol–water partition coefficient (Wildman–Crippen LogP) is 2.51. The van der Waals surface area contributed by atoms with Gasteiger partial charge in [-0.05, 0) is 24.1 Å². The molecule has 0 spiro atoms. The fraction of sp³-hybridized carbons (Fsp3) is 0.150. The molecule has 152 valence electrons. The van der Waals surface area contributed by atoms with Crippen molar-refractivity contribution in [3.8, 4) is 11.8 Å². The molecule has 2 aromatic carbocycles. The zero-order chi connectivity index (χ0) is 21.8. The van der Waals surface area contributed by atoms with Gasteiger partial charge in [0.25, 0.3) is 11.6 Å². The maximum absolute atomic E-state index is 13.2. The van der Waals surface area contributed by atoms with Crippen molar-refractivity contribution in [1.29, 1.82) is 5.26 Å². The lowest BCUT2D eigenvalue weighted by Crippen LogP contribution is -2.31. The molecule has 30 heavy (non-hydrogen) atoms. The topological polar surface area (TPSA) is 140 Å². The normalized spacial score (nSPS) is 17.4. The van der Waals surface area contributed by atoms with Gasteiger partial charge in [0.1, 0.15) is 22.4 Å². The van der Waals surface area contributed by atoms with Crippen molar-refractivity contribution in [2.75, 3.05) is 12.0 Å². The van der Waals surface area contributed by atoms with Gasteiger partial charge in [-0.3, -0.25) is 24.6 Å². The maximum atomic E-state index is 13.2. The Labute approximate surface area is 175 Å². The first-order chi connectivity index (χ1) is 14.3.